The Bertz CT molecular complexity index is 795. The summed E-state index contributed by atoms with van der Waals surface area (Å²) in [7, 11) is -1.38. The van der Waals surface area contributed by atoms with Gasteiger partial charge in [-0.15, -0.1) is 0 Å². The van der Waals surface area contributed by atoms with Crippen molar-refractivity contribution in [3.63, 3.8) is 0 Å². The standard InChI is InChI=1S/C21H20NO3P/c1-17-12-14-18(15-13-17)21(22-23)16-26(24-19-8-4-2-5-9-19)25-20-10-6-3-7-11-20/h2-15,23H,16H2,1H3. The number of hydrogen-bond donors (Lipinski definition) is 1. The number of nitrogens with zero attached hydrogens (tertiary/aromatic N) is 1. The van der Waals surface area contributed by atoms with Gasteiger partial charge >= 0.3 is 0 Å². The molecular weight excluding hydrogens is 345 g/mol. The summed E-state index contributed by atoms with van der Waals surface area (Å²) in [6.45, 7) is 2.02. The van der Waals surface area contributed by atoms with Crippen LogP contribution in [0.2, 0.25) is 0 Å². The number of rotatable bonds is 7. The molecule has 0 heterocycles. The highest BCUT2D eigenvalue weighted by Gasteiger charge is 2.20. The van der Waals surface area contributed by atoms with Crippen LogP contribution < -0.4 is 9.05 Å². The van der Waals surface area contributed by atoms with E-state index in [9.17, 15) is 5.21 Å². The van der Waals surface area contributed by atoms with Crippen LogP contribution in [0.25, 0.3) is 0 Å². The van der Waals surface area contributed by atoms with Crippen molar-refractivity contribution in [2.24, 2.45) is 5.16 Å². The van der Waals surface area contributed by atoms with Crippen LogP contribution in [-0.2, 0) is 0 Å². The van der Waals surface area contributed by atoms with Gasteiger partial charge in [-0.05, 0) is 36.8 Å². The molecule has 5 heteroatoms. The maximum Gasteiger partial charge on any atom is 0.296 e. The molecule has 132 valence electrons. The van der Waals surface area contributed by atoms with E-state index in [1.807, 2.05) is 91.9 Å². The second-order valence-corrected chi connectivity index (χ2v) is 7.06. The van der Waals surface area contributed by atoms with E-state index in [4.69, 9.17) is 9.05 Å². The molecule has 1 N–H and O–H groups in total. The smallest absolute Gasteiger partial charge is 0.296 e. The minimum Gasteiger partial charge on any atom is -0.438 e. The summed E-state index contributed by atoms with van der Waals surface area (Å²) in [6, 6.07) is 26.9. The molecule has 3 aromatic carbocycles. The van der Waals surface area contributed by atoms with E-state index in [2.05, 4.69) is 5.16 Å². The third-order valence-electron chi connectivity index (χ3n) is 3.69. The molecule has 0 saturated carbocycles. The Morgan fingerprint density at radius 2 is 1.31 bits per heavy atom. The van der Waals surface area contributed by atoms with Gasteiger partial charge in [-0.1, -0.05) is 71.4 Å². The van der Waals surface area contributed by atoms with Crippen LogP contribution in [0.4, 0.5) is 0 Å². The van der Waals surface area contributed by atoms with Gasteiger partial charge in [0.2, 0.25) is 0 Å². The van der Waals surface area contributed by atoms with Gasteiger partial charge in [-0.25, -0.2) is 0 Å². The van der Waals surface area contributed by atoms with Crippen LogP contribution in [-0.4, -0.2) is 17.1 Å². The number of para-hydroxylation sites is 2. The Labute approximate surface area is 154 Å². The van der Waals surface area contributed by atoms with Crippen LogP contribution in [0.3, 0.4) is 0 Å². The van der Waals surface area contributed by atoms with E-state index < -0.39 is 8.38 Å². The molecule has 0 aromatic heterocycles. The molecule has 0 aliphatic carbocycles. The molecule has 4 nitrogen and oxygen atoms in total. The summed E-state index contributed by atoms with van der Waals surface area (Å²) in [5.74, 6) is 1.44. The van der Waals surface area contributed by atoms with E-state index in [0.29, 0.717) is 11.9 Å². The second kappa shape index (κ2) is 9.02. The summed E-state index contributed by atoms with van der Waals surface area (Å²) in [5.41, 5.74) is 2.52. The average molecular weight is 365 g/mol. The highest BCUT2D eigenvalue weighted by molar-refractivity contribution is 7.49. The molecule has 0 aliphatic rings. The van der Waals surface area contributed by atoms with Gasteiger partial charge in [0.1, 0.15) is 11.5 Å². The van der Waals surface area contributed by atoms with Gasteiger partial charge in [0, 0.05) is 0 Å². The first kappa shape index (κ1) is 18.0. The van der Waals surface area contributed by atoms with Crippen molar-refractivity contribution in [2.45, 2.75) is 6.92 Å². The lowest BCUT2D eigenvalue weighted by molar-refractivity contribution is 0.319. The highest BCUT2D eigenvalue weighted by atomic mass is 31.2. The molecule has 0 fully saturated rings. The average Bonchev–Trinajstić information content (AvgIpc) is 2.68. The number of hydrogen-bond acceptors (Lipinski definition) is 4. The second-order valence-electron chi connectivity index (χ2n) is 5.71. The molecule has 0 saturated heterocycles. The third kappa shape index (κ3) is 5.08. The molecule has 0 unspecified atom stereocenters. The van der Waals surface area contributed by atoms with Crippen LogP contribution in [0.15, 0.2) is 90.1 Å². The molecule has 3 aromatic rings. The summed E-state index contributed by atoms with van der Waals surface area (Å²) < 4.78 is 12.1. The minimum absolute atomic E-state index is 0.360. The molecular formula is C21H20NO3P. The SMILES string of the molecule is Cc1ccc(C(CP(Oc2ccccc2)Oc2ccccc2)=NO)cc1. The molecule has 0 spiro atoms. The fourth-order valence-electron chi connectivity index (χ4n) is 2.33. The first-order valence-electron chi connectivity index (χ1n) is 8.26. The van der Waals surface area contributed by atoms with E-state index in [0.717, 1.165) is 22.6 Å². The normalized spacial score (nSPS) is 11.4. The summed E-state index contributed by atoms with van der Waals surface area (Å²) in [6.07, 6.45) is 0.360. The van der Waals surface area contributed by atoms with Gasteiger partial charge < -0.3 is 14.3 Å². The minimum atomic E-state index is -1.38. The van der Waals surface area contributed by atoms with Crippen molar-refractivity contribution < 1.29 is 14.3 Å². The first-order chi connectivity index (χ1) is 12.7. The maximum absolute atomic E-state index is 9.52. The van der Waals surface area contributed by atoms with E-state index >= 15 is 0 Å². The topological polar surface area (TPSA) is 51.0 Å². The zero-order valence-corrected chi connectivity index (χ0v) is 15.3. The van der Waals surface area contributed by atoms with Gasteiger partial charge in [-0.3, -0.25) is 0 Å². The van der Waals surface area contributed by atoms with E-state index in [-0.39, 0.29) is 0 Å². The summed E-state index contributed by atoms with van der Waals surface area (Å²) in [4.78, 5) is 0. The van der Waals surface area contributed by atoms with Crippen molar-refractivity contribution in [1.82, 2.24) is 0 Å². The Morgan fingerprint density at radius 3 is 1.77 bits per heavy atom. The zero-order valence-electron chi connectivity index (χ0n) is 14.4. The molecule has 0 amide bonds. The van der Waals surface area contributed by atoms with Crippen LogP contribution in [0.5, 0.6) is 11.5 Å². The van der Waals surface area contributed by atoms with E-state index in [1.54, 1.807) is 0 Å². The number of oxime groups is 1. The monoisotopic (exact) mass is 365 g/mol. The Morgan fingerprint density at radius 1 is 0.808 bits per heavy atom. The molecule has 0 aliphatic heterocycles. The molecule has 0 atom stereocenters. The maximum atomic E-state index is 9.52. The molecule has 26 heavy (non-hydrogen) atoms. The van der Waals surface area contributed by atoms with Crippen LogP contribution in [0.1, 0.15) is 11.1 Å². The number of aryl methyl sites for hydroxylation is 1. The first-order valence-corrected chi connectivity index (χ1v) is 9.62. The molecule has 0 bridgehead atoms. The predicted octanol–water partition coefficient (Wildman–Crippen LogP) is 5.64. The Kier molecular flexibility index (Phi) is 6.24. The number of benzene rings is 3. The Hall–Kier alpha value is -2.84. The van der Waals surface area contributed by atoms with Gasteiger partial charge in [0.25, 0.3) is 8.38 Å². The molecule has 3 rings (SSSR count). The zero-order chi connectivity index (χ0) is 18.2. The van der Waals surface area contributed by atoms with Crippen molar-refractivity contribution in [3.05, 3.63) is 96.1 Å². The lowest BCUT2D eigenvalue weighted by atomic mass is 10.1. The lowest BCUT2D eigenvalue weighted by Crippen LogP contribution is -2.11. The third-order valence-corrected chi connectivity index (χ3v) is 5.07. The van der Waals surface area contributed by atoms with Gasteiger partial charge in [0.05, 0.1) is 11.9 Å². The highest BCUT2D eigenvalue weighted by Crippen LogP contribution is 2.40. The fraction of sp³-hybridized carbons (Fsp3) is 0.0952. The largest absolute Gasteiger partial charge is 0.438 e. The fourth-order valence-corrected chi connectivity index (χ4v) is 3.70. The summed E-state index contributed by atoms with van der Waals surface area (Å²) >= 11 is 0. The van der Waals surface area contributed by atoms with Crippen molar-refractivity contribution in [1.29, 1.82) is 0 Å². The van der Waals surface area contributed by atoms with Crippen molar-refractivity contribution >= 4 is 14.1 Å². The molecule has 0 radical (unpaired) electrons. The van der Waals surface area contributed by atoms with Gasteiger partial charge in [0.15, 0.2) is 0 Å². The lowest BCUT2D eigenvalue weighted by Gasteiger charge is -2.19. The van der Waals surface area contributed by atoms with Crippen molar-refractivity contribution in [2.75, 3.05) is 6.16 Å². The van der Waals surface area contributed by atoms with Crippen LogP contribution in [0, 0.1) is 6.92 Å². The predicted molar refractivity (Wildman–Crippen MR) is 105 cm³/mol. The summed E-state index contributed by atoms with van der Waals surface area (Å²) in [5, 5.41) is 13.0. The van der Waals surface area contributed by atoms with Gasteiger partial charge in [-0.2, -0.15) is 0 Å². The van der Waals surface area contributed by atoms with Crippen molar-refractivity contribution in [3.8, 4) is 11.5 Å². The van der Waals surface area contributed by atoms with E-state index in [1.165, 1.54) is 0 Å². The quantitative estimate of drug-likeness (QED) is 0.255. The van der Waals surface area contributed by atoms with Crippen LogP contribution >= 0.6 is 8.38 Å². The Balaban J connectivity index is 1.80.